The minimum Gasteiger partial charge on any atom is -0.493 e. The molecule has 1 aliphatic heterocycles. The van der Waals surface area contributed by atoms with Crippen LogP contribution in [-0.2, 0) is 0 Å². The van der Waals surface area contributed by atoms with Gasteiger partial charge in [-0.3, -0.25) is 4.79 Å². The van der Waals surface area contributed by atoms with Crippen molar-refractivity contribution in [1.29, 1.82) is 0 Å². The highest BCUT2D eigenvalue weighted by molar-refractivity contribution is 6.32. The number of ether oxygens (including phenoxy) is 2. The molecule has 0 spiro atoms. The van der Waals surface area contributed by atoms with E-state index in [-0.39, 0.29) is 18.3 Å². The molecule has 0 radical (unpaired) electrons. The first-order chi connectivity index (χ1) is 11.6. The Labute approximate surface area is 161 Å². The molecule has 0 atom stereocenters. The topological polar surface area (TPSA) is 64.8 Å². The average molecular weight is 391 g/mol. The Hall–Kier alpha value is -1.17. The van der Waals surface area contributed by atoms with Gasteiger partial charge < -0.3 is 20.1 Å². The lowest BCUT2D eigenvalue weighted by Gasteiger charge is -2.31. The smallest absolute Gasteiger partial charge is 0.254 e. The number of hydrogen-bond acceptors (Lipinski definition) is 4. The van der Waals surface area contributed by atoms with Crippen LogP contribution < -0.4 is 15.2 Å². The van der Waals surface area contributed by atoms with Gasteiger partial charge in [-0.1, -0.05) is 24.9 Å². The molecule has 0 aliphatic carbocycles. The van der Waals surface area contributed by atoms with Gasteiger partial charge in [-0.25, -0.2) is 0 Å². The Bertz CT molecular complexity index is 561. The van der Waals surface area contributed by atoms with Gasteiger partial charge in [0.25, 0.3) is 5.91 Å². The third kappa shape index (κ3) is 5.66. The number of benzene rings is 1. The summed E-state index contributed by atoms with van der Waals surface area (Å²) in [7, 11) is 1.55. The van der Waals surface area contributed by atoms with Crippen LogP contribution in [0.1, 0.15) is 43.0 Å². The van der Waals surface area contributed by atoms with E-state index in [2.05, 4.69) is 6.92 Å². The van der Waals surface area contributed by atoms with Crippen LogP contribution in [0.3, 0.4) is 0 Å². The first kappa shape index (κ1) is 21.9. The lowest BCUT2D eigenvalue weighted by atomic mass is 9.96. The quantitative estimate of drug-likeness (QED) is 0.719. The maximum absolute atomic E-state index is 12.7. The number of piperidine rings is 1. The molecule has 142 valence electrons. The molecule has 1 aromatic carbocycles. The van der Waals surface area contributed by atoms with Crippen molar-refractivity contribution in [3.63, 3.8) is 0 Å². The van der Waals surface area contributed by atoms with Crippen molar-refractivity contribution in [2.75, 3.05) is 33.4 Å². The number of methoxy groups -OCH3 is 1. The maximum Gasteiger partial charge on any atom is 0.254 e. The van der Waals surface area contributed by atoms with E-state index in [4.69, 9.17) is 26.8 Å². The third-order valence-electron chi connectivity index (χ3n) is 4.46. The summed E-state index contributed by atoms with van der Waals surface area (Å²) >= 11 is 6.33. The van der Waals surface area contributed by atoms with E-state index in [1.54, 1.807) is 19.2 Å². The molecule has 1 aliphatic rings. The van der Waals surface area contributed by atoms with Crippen LogP contribution >= 0.6 is 24.0 Å². The highest BCUT2D eigenvalue weighted by atomic mass is 35.5. The fourth-order valence-corrected chi connectivity index (χ4v) is 3.12. The zero-order valence-electron chi connectivity index (χ0n) is 14.9. The molecular weight excluding hydrogens is 363 g/mol. The summed E-state index contributed by atoms with van der Waals surface area (Å²) in [6.07, 6.45) is 3.88. The van der Waals surface area contributed by atoms with Crippen LogP contribution in [0.5, 0.6) is 11.5 Å². The standard InChI is InChI=1S/C18H27ClN2O3.ClH/c1-3-4-9-24-17-15(19)10-14(11-16(17)23-2)18(22)21-7-5-13(12-20)6-8-21;/h10-11,13H,3-9,12,20H2,1-2H3;1H. The zero-order chi connectivity index (χ0) is 17.5. The van der Waals surface area contributed by atoms with Crippen LogP contribution in [0.15, 0.2) is 12.1 Å². The van der Waals surface area contributed by atoms with Crippen molar-refractivity contribution in [1.82, 2.24) is 4.90 Å². The second-order valence-corrected chi connectivity index (χ2v) is 6.57. The molecule has 0 bridgehead atoms. The SMILES string of the molecule is CCCCOc1c(Cl)cc(C(=O)N2CCC(CN)CC2)cc1OC.Cl. The Balaban J connectivity index is 0.00000312. The maximum atomic E-state index is 12.7. The van der Waals surface area contributed by atoms with Gasteiger partial charge in [0.05, 0.1) is 18.7 Å². The number of hydrogen-bond donors (Lipinski definition) is 1. The molecule has 1 heterocycles. The average Bonchev–Trinajstić information content (AvgIpc) is 2.62. The second kappa shape index (κ2) is 10.7. The van der Waals surface area contributed by atoms with Crippen molar-refractivity contribution < 1.29 is 14.3 Å². The molecule has 0 aromatic heterocycles. The van der Waals surface area contributed by atoms with Crippen molar-refractivity contribution in [3.05, 3.63) is 22.7 Å². The van der Waals surface area contributed by atoms with Crippen LogP contribution in [0.4, 0.5) is 0 Å². The van der Waals surface area contributed by atoms with Gasteiger partial charge in [0.2, 0.25) is 0 Å². The highest BCUT2D eigenvalue weighted by Gasteiger charge is 2.24. The number of nitrogens with two attached hydrogens (primary N) is 1. The minimum atomic E-state index is -0.0224. The number of unbranched alkanes of at least 4 members (excludes halogenated alkanes) is 1. The van der Waals surface area contributed by atoms with E-state index < -0.39 is 0 Å². The van der Waals surface area contributed by atoms with Gasteiger partial charge in [-0.15, -0.1) is 12.4 Å². The molecule has 5 nitrogen and oxygen atoms in total. The fraction of sp³-hybridized carbons (Fsp3) is 0.611. The van der Waals surface area contributed by atoms with E-state index in [1.165, 1.54) is 0 Å². The van der Waals surface area contributed by atoms with Crippen molar-refractivity contribution in [2.45, 2.75) is 32.6 Å². The first-order valence-electron chi connectivity index (χ1n) is 8.60. The lowest BCUT2D eigenvalue weighted by molar-refractivity contribution is 0.0693. The monoisotopic (exact) mass is 390 g/mol. The number of amides is 1. The predicted octanol–water partition coefficient (Wildman–Crippen LogP) is 3.76. The molecule has 1 aromatic rings. The second-order valence-electron chi connectivity index (χ2n) is 6.16. The van der Waals surface area contributed by atoms with Gasteiger partial charge in [0.15, 0.2) is 11.5 Å². The molecule has 1 fully saturated rings. The summed E-state index contributed by atoms with van der Waals surface area (Å²) in [5.41, 5.74) is 6.24. The number of rotatable bonds is 7. The Morgan fingerprint density at radius 3 is 2.60 bits per heavy atom. The van der Waals surface area contributed by atoms with E-state index in [1.807, 2.05) is 4.90 Å². The van der Waals surface area contributed by atoms with Gasteiger partial charge in [-0.05, 0) is 43.9 Å². The summed E-state index contributed by atoms with van der Waals surface area (Å²) in [6, 6.07) is 3.38. The molecule has 2 N–H and O–H groups in total. The molecule has 2 rings (SSSR count). The number of nitrogens with zero attached hydrogens (tertiary/aromatic N) is 1. The van der Waals surface area contributed by atoms with Gasteiger partial charge >= 0.3 is 0 Å². The number of halogens is 2. The molecule has 1 amide bonds. The molecule has 7 heteroatoms. The normalized spacial score (nSPS) is 14.8. The van der Waals surface area contributed by atoms with Crippen LogP contribution in [0.2, 0.25) is 5.02 Å². The molecule has 0 saturated carbocycles. The van der Waals surface area contributed by atoms with Crippen LogP contribution in [0, 0.1) is 5.92 Å². The number of carbonyl (C=O) groups excluding carboxylic acids is 1. The summed E-state index contributed by atoms with van der Waals surface area (Å²) < 4.78 is 11.1. The van der Waals surface area contributed by atoms with Gasteiger partial charge in [0.1, 0.15) is 0 Å². The van der Waals surface area contributed by atoms with E-state index in [0.29, 0.717) is 41.2 Å². The molecule has 0 unspecified atom stereocenters. The zero-order valence-corrected chi connectivity index (χ0v) is 16.5. The van der Waals surface area contributed by atoms with Crippen LogP contribution in [0.25, 0.3) is 0 Å². The van der Waals surface area contributed by atoms with Crippen molar-refractivity contribution >= 4 is 29.9 Å². The van der Waals surface area contributed by atoms with Gasteiger partial charge in [0, 0.05) is 18.7 Å². The van der Waals surface area contributed by atoms with E-state index in [9.17, 15) is 4.79 Å². The largest absolute Gasteiger partial charge is 0.493 e. The lowest BCUT2D eigenvalue weighted by Crippen LogP contribution is -2.40. The predicted molar refractivity (Wildman–Crippen MR) is 103 cm³/mol. The summed E-state index contributed by atoms with van der Waals surface area (Å²) in [6.45, 7) is 4.82. The van der Waals surface area contributed by atoms with Gasteiger partial charge in [-0.2, -0.15) is 0 Å². The summed E-state index contributed by atoms with van der Waals surface area (Å²) in [5, 5.41) is 0.408. The molecule has 25 heavy (non-hydrogen) atoms. The molecular formula is C18H28Cl2N2O3. The Morgan fingerprint density at radius 1 is 1.36 bits per heavy atom. The Kier molecular flexibility index (Phi) is 9.39. The van der Waals surface area contributed by atoms with Crippen LogP contribution in [-0.4, -0.2) is 44.2 Å². The van der Waals surface area contributed by atoms with Crippen molar-refractivity contribution in [3.8, 4) is 11.5 Å². The fourth-order valence-electron chi connectivity index (χ4n) is 2.86. The third-order valence-corrected chi connectivity index (χ3v) is 4.74. The molecule has 1 saturated heterocycles. The minimum absolute atomic E-state index is 0. The highest BCUT2D eigenvalue weighted by Crippen LogP contribution is 2.37. The van der Waals surface area contributed by atoms with E-state index >= 15 is 0 Å². The summed E-state index contributed by atoms with van der Waals surface area (Å²) in [4.78, 5) is 14.6. The first-order valence-corrected chi connectivity index (χ1v) is 8.98. The number of likely N-dealkylation sites (tertiary alicyclic amines) is 1. The Morgan fingerprint density at radius 2 is 2.04 bits per heavy atom. The van der Waals surface area contributed by atoms with Crippen molar-refractivity contribution in [2.24, 2.45) is 11.7 Å². The number of carbonyl (C=O) groups is 1. The van der Waals surface area contributed by atoms with E-state index in [0.717, 1.165) is 38.8 Å². The summed E-state index contributed by atoms with van der Waals surface area (Å²) in [5.74, 6) is 1.50.